The fourth-order valence-electron chi connectivity index (χ4n) is 1.67. The summed E-state index contributed by atoms with van der Waals surface area (Å²) in [5.41, 5.74) is 0.486. The molecule has 0 saturated heterocycles. The number of pyridine rings is 1. The van der Waals surface area contributed by atoms with Crippen LogP contribution < -0.4 is 5.32 Å². The fraction of sp³-hybridized carbons (Fsp3) is 0.364. The zero-order valence-corrected chi connectivity index (χ0v) is 12.1. The molecule has 0 radical (unpaired) electrons. The van der Waals surface area contributed by atoms with Gasteiger partial charge in [-0.2, -0.15) is 9.40 Å². The van der Waals surface area contributed by atoms with Crippen molar-refractivity contribution in [1.29, 1.82) is 0 Å². The fourth-order valence-corrected chi connectivity index (χ4v) is 2.87. The summed E-state index contributed by atoms with van der Waals surface area (Å²) in [4.78, 5) is 7.89. The average Bonchev–Trinajstić information content (AvgIpc) is 2.92. The van der Waals surface area contributed by atoms with E-state index in [2.05, 4.69) is 25.5 Å². The van der Waals surface area contributed by atoms with E-state index >= 15 is 0 Å². The maximum Gasteiger partial charge on any atom is 0.262 e. The van der Waals surface area contributed by atoms with Crippen LogP contribution >= 0.6 is 0 Å². The summed E-state index contributed by atoms with van der Waals surface area (Å²) in [7, 11) is -2.22. The zero-order chi connectivity index (χ0) is 14.6. The molecule has 2 aromatic rings. The maximum atomic E-state index is 12.5. The molecular formula is C11H16N6O2S. The summed E-state index contributed by atoms with van der Waals surface area (Å²) in [5.74, 6) is 0.469. The van der Waals surface area contributed by atoms with Gasteiger partial charge >= 0.3 is 0 Å². The Labute approximate surface area is 117 Å². The van der Waals surface area contributed by atoms with Gasteiger partial charge in [0.1, 0.15) is 12.2 Å². The van der Waals surface area contributed by atoms with Gasteiger partial charge < -0.3 is 5.32 Å². The van der Waals surface area contributed by atoms with Gasteiger partial charge in [-0.05, 0) is 19.1 Å². The Bertz CT molecular complexity index is 655. The quantitative estimate of drug-likeness (QED) is 0.802. The second-order valence-corrected chi connectivity index (χ2v) is 6.04. The normalized spacial score (nSPS) is 11.8. The Morgan fingerprint density at radius 3 is 2.85 bits per heavy atom. The number of nitrogens with zero attached hydrogens (tertiary/aromatic N) is 4. The lowest BCUT2D eigenvalue weighted by molar-refractivity contribution is 0.455. The van der Waals surface area contributed by atoms with E-state index < -0.39 is 10.0 Å². The third-order valence-electron chi connectivity index (χ3n) is 2.63. The van der Waals surface area contributed by atoms with Gasteiger partial charge in [0.2, 0.25) is 0 Å². The lowest BCUT2D eigenvalue weighted by Crippen LogP contribution is -2.28. The first-order valence-corrected chi connectivity index (χ1v) is 7.49. The highest BCUT2D eigenvalue weighted by Crippen LogP contribution is 2.21. The molecule has 2 N–H and O–H groups in total. The lowest BCUT2D eigenvalue weighted by Gasteiger charge is -2.17. The molecule has 20 heavy (non-hydrogen) atoms. The molecular weight excluding hydrogens is 280 g/mol. The molecule has 9 heteroatoms. The third-order valence-corrected chi connectivity index (χ3v) is 4.39. The number of nitrogens with one attached hydrogen (secondary N) is 2. The Morgan fingerprint density at radius 2 is 2.20 bits per heavy atom. The van der Waals surface area contributed by atoms with Crippen LogP contribution in [0, 0.1) is 0 Å². The van der Waals surface area contributed by atoms with Gasteiger partial charge in [-0.25, -0.2) is 18.4 Å². The van der Waals surface area contributed by atoms with E-state index in [0.29, 0.717) is 18.1 Å². The lowest BCUT2D eigenvalue weighted by atomic mass is 10.4. The van der Waals surface area contributed by atoms with Crippen LogP contribution in [0.25, 0.3) is 0 Å². The number of rotatable bonds is 6. The summed E-state index contributed by atoms with van der Waals surface area (Å²) in [6, 6.07) is 3.37. The molecule has 108 valence electrons. The first kappa shape index (κ1) is 14.4. The van der Waals surface area contributed by atoms with Crippen molar-refractivity contribution in [2.24, 2.45) is 0 Å². The van der Waals surface area contributed by atoms with Crippen molar-refractivity contribution in [3.8, 4) is 0 Å². The van der Waals surface area contributed by atoms with Crippen LogP contribution in [0.5, 0.6) is 0 Å². The van der Waals surface area contributed by atoms with Crippen molar-refractivity contribution in [2.45, 2.75) is 18.5 Å². The van der Waals surface area contributed by atoms with Crippen LogP contribution in [-0.2, 0) is 16.6 Å². The molecule has 2 aromatic heterocycles. The van der Waals surface area contributed by atoms with E-state index in [-0.39, 0.29) is 11.6 Å². The summed E-state index contributed by atoms with van der Waals surface area (Å²) in [6.45, 7) is 2.60. The van der Waals surface area contributed by atoms with E-state index in [4.69, 9.17) is 0 Å². The Kier molecular flexibility index (Phi) is 4.30. The van der Waals surface area contributed by atoms with Crippen LogP contribution in [0.2, 0.25) is 0 Å². The van der Waals surface area contributed by atoms with Crippen LogP contribution in [0.3, 0.4) is 0 Å². The smallest absolute Gasteiger partial charge is 0.262 e. The number of sulfonamides is 1. The molecule has 0 fully saturated rings. The molecule has 2 heterocycles. The molecule has 8 nitrogen and oxygen atoms in total. The van der Waals surface area contributed by atoms with E-state index in [9.17, 15) is 8.42 Å². The highest BCUT2D eigenvalue weighted by Gasteiger charge is 2.26. The van der Waals surface area contributed by atoms with Gasteiger partial charge in [0.15, 0.2) is 5.03 Å². The molecule has 0 aromatic carbocycles. The third kappa shape index (κ3) is 2.94. The van der Waals surface area contributed by atoms with Crippen molar-refractivity contribution in [2.75, 3.05) is 18.9 Å². The van der Waals surface area contributed by atoms with Crippen molar-refractivity contribution >= 4 is 15.7 Å². The Balaban J connectivity index is 2.30. The Morgan fingerprint density at radius 1 is 1.40 bits per heavy atom. The van der Waals surface area contributed by atoms with Crippen molar-refractivity contribution in [1.82, 2.24) is 24.5 Å². The minimum absolute atomic E-state index is 0.00358. The highest BCUT2D eigenvalue weighted by molar-refractivity contribution is 7.89. The van der Waals surface area contributed by atoms with Gasteiger partial charge in [0.25, 0.3) is 10.0 Å². The number of hydrogen-bond donors (Lipinski definition) is 2. The molecule has 0 saturated carbocycles. The highest BCUT2D eigenvalue weighted by atomic mass is 32.2. The standard InChI is InChI=1S/C11H16N6O2S/c1-3-12-9-5-4-6-13-11(9)20(18,19)17(2)7-10-14-8-15-16-10/h4-6,8,12H,3,7H2,1-2H3,(H,14,15,16). The summed E-state index contributed by atoms with van der Waals surface area (Å²) in [5, 5.41) is 9.32. The number of aromatic nitrogens is 4. The van der Waals surface area contributed by atoms with E-state index in [0.717, 1.165) is 0 Å². The van der Waals surface area contributed by atoms with Gasteiger partial charge in [0, 0.05) is 19.8 Å². The second-order valence-electron chi connectivity index (χ2n) is 4.08. The molecule has 0 bridgehead atoms. The predicted octanol–water partition coefficient (Wildman–Crippen LogP) is 0.452. The summed E-state index contributed by atoms with van der Waals surface area (Å²) < 4.78 is 26.2. The molecule has 0 amide bonds. The zero-order valence-electron chi connectivity index (χ0n) is 11.2. The van der Waals surface area contributed by atoms with Crippen molar-refractivity contribution in [3.63, 3.8) is 0 Å². The van der Waals surface area contributed by atoms with Crippen molar-refractivity contribution < 1.29 is 8.42 Å². The van der Waals surface area contributed by atoms with Crippen LogP contribution in [0.1, 0.15) is 12.7 Å². The second kappa shape index (κ2) is 5.97. The molecule has 0 aliphatic rings. The van der Waals surface area contributed by atoms with E-state index in [1.807, 2.05) is 6.92 Å². The van der Waals surface area contributed by atoms with Gasteiger partial charge in [0.05, 0.1) is 12.2 Å². The number of hydrogen-bond acceptors (Lipinski definition) is 6. The van der Waals surface area contributed by atoms with E-state index in [1.165, 1.54) is 23.9 Å². The molecule has 0 unspecified atom stereocenters. The summed E-state index contributed by atoms with van der Waals surface area (Å²) in [6.07, 6.45) is 2.79. The molecule has 0 atom stereocenters. The minimum atomic E-state index is -3.70. The van der Waals surface area contributed by atoms with E-state index in [1.54, 1.807) is 12.1 Å². The predicted molar refractivity (Wildman–Crippen MR) is 73.4 cm³/mol. The topological polar surface area (TPSA) is 104 Å². The first-order chi connectivity index (χ1) is 9.55. The average molecular weight is 296 g/mol. The van der Waals surface area contributed by atoms with Crippen molar-refractivity contribution in [3.05, 3.63) is 30.5 Å². The number of aromatic amines is 1. The molecule has 0 aliphatic carbocycles. The van der Waals surface area contributed by atoms with Gasteiger partial charge in [-0.1, -0.05) is 0 Å². The molecule has 0 aliphatic heterocycles. The molecule has 0 spiro atoms. The van der Waals surface area contributed by atoms with Gasteiger partial charge in [-0.3, -0.25) is 5.10 Å². The van der Waals surface area contributed by atoms with Crippen LogP contribution in [0.15, 0.2) is 29.7 Å². The Hall–Kier alpha value is -2.00. The van der Waals surface area contributed by atoms with Crippen LogP contribution in [-0.4, -0.2) is 46.5 Å². The SMILES string of the molecule is CCNc1cccnc1S(=O)(=O)N(C)Cc1ncn[nH]1. The minimum Gasteiger partial charge on any atom is -0.383 e. The number of H-pyrrole nitrogens is 1. The van der Waals surface area contributed by atoms with Gasteiger partial charge in [-0.15, -0.1) is 0 Å². The first-order valence-electron chi connectivity index (χ1n) is 6.05. The van der Waals surface area contributed by atoms with Crippen LogP contribution in [0.4, 0.5) is 5.69 Å². The maximum absolute atomic E-state index is 12.5. The molecule has 2 rings (SSSR count). The number of anilines is 1. The summed E-state index contributed by atoms with van der Waals surface area (Å²) >= 11 is 0. The monoisotopic (exact) mass is 296 g/mol. The largest absolute Gasteiger partial charge is 0.383 e.